The van der Waals surface area contributed by atoms with Gasteiger partial charge >= 0.3 is 0 Å². The molecule has 122 valence electrons. The van der Waals surface area contributed by atoms with E-state index in [0.717, 1.165) is 25.7 Å². The average Bonchev–Trinajstić information content (AvgIpc) is 2.68. The summed E-state index contributed by atoms with van der Waals surface area (Å²) in [6.45, 7) is 2.60. The van der Waals surface area contributed by atoms with Crippen LogP contribution in [-0.4, -0.2) is 35.2 Å². The second kappa shape index (κ2) is 6.52. The van der Waals surface area contributed by atoms with E-state index in [4.69, 9.17) is 0 Å². The van der Waals surface area contributed by atoms with Gasteiger partial charge in [-0.25, -0.2) is 4.90 Å². The molecule has 1 saturated heterocycles. The van der Waals surface area contributed by atoms with Gasteiger partial charge in [-0.1, -0.05) is 25.5 Å². The fourth-order valence-corrected chi connectivity index (χ4v) is 3.40. The van der Waals surface area contributed by atoms with Gasteiger partial charge in [0.15, 0.2) is 0 Å². The van der Waals surface area contributed by atoms with Crippen molar-refractivity contribution in [1.29, 1.82) is 0 Å². The van der Waals surface area contributed by atoms with Crippen LogP contribution in [0.1, 0.15) is 55.8 Å². The number of unbranched alkanes of at least 4 members (excludes halogenated alkanes) is 1. The molecule has 0 radical (unpaired) electrons. The van der Waals surface area contributed by atoms with Gasteiger partial charge in [0.05, 0.1) is 11.3 Å². The molecule has 5 nitrogen and oxygen atoms in total. The maximum absolute atomic E-state index is 13.0. The molecule has 1 aromatic carbocycles. The fourth-order valence-electron chi connectivity index (χ4n) is 3.40. The lowest BCUT2D eigenvalue weighted by Crippen LogP contribution is -2.52. The quantitative estimate of drug-likeness (QED) is 0.862. The highest BCUT2D eigenvalue weighted by Gasteiger charge is 2.42. The Kier molecular flexibility index (Phi) is 4.46. The standard InChI is InChI=1S/C18H22N2O3/c1-2-3-11-16(21)20-14-9-5-4-8-13(14)17(22)19-12-7-6-10-15(19)18(20)23/h4-5,8-9,15H,2-3,6-7,10-12H2,1H3. The normalized spacial score (nSPS) is 20.8. The topological polar surface area (TPSA) is 57.7 Å². The van der Waals surface area contributed by atoms with Crippen LogP contribution in [0.5, 0.6) is 0 Å². The summed E-state index contributed by atoms with van der Waals surface area (Å²) in [5, 5.41) is 0. The number of imide groups is 1. The second-order valence-electron chi connectivity index (χ2n) is 6.20. The lowest BCUT2D eigenvalue weighted by Gasteiger charge is -2.34. The van der Waals surface area contributed by atoms with E-state index in [1.807, 2.05) is 6.92 Å². The van der Waals surface area contributed by atoms with E-state index in [1.54, 1.807) is 29.2 Å². The first-order chi connectivity index (χ1) is 11.1. The van der Waals surface area contributed by atoms with E-state index in [1.165, 1.54) is 4.90 Å². The van der Waals surface area contributed by atoms with Crippen LogP contribution in [0.25, 0.3) is 0 Å². The van der Waals surface area contributed by atoms with Gasteiger partial charge in [0.25, 0.3) is 11.8 Å². The zero-order valence-electron chi connectivity index (χ0n) is 13.5. The second-order valence-corrected chi connectivity index (χ2v) is 6.20. The van der Waals surface area contributed by atoms with Crippen LogP contribution < -0.4 is 4.90 Å². The molecule has 3 amide bonds. The Balaban J connectivity index is 2.06. The molecule has 0 N–H and O–H groups in total. The third kappa shape index (κ3) is 2.76. The highest BCUT2D eigenvalue weighted by atomic mass is 16.2. The first-order valence-corrected chi connectivity index (χ1v) is 8.42. The first-order valence-electron chi connectivity index (χ1n) is 8.42. The Bertz CT molecular complexity index is 641. The van der Waals surface area contributed by atoms with E-state index < -0.39 is 6.04 Å². The molecule has 0 aliphatic carbocycles. The van der Waals surface area contributed by atoms with Gasteiger partial charge in [-0.2, -0.15) is 0 Å². The smallest absolute Gasteiger partial charge is 0.256 e. The minimum absolute atomic E-state index is 0.135. The maximum atomic E-state index is 13.0. The Labute approximate surface area is 136 Å². The van der Waals surface area contributed by atoms with Crippen molar-refractivity contribution in [2.75, 3.05) is 11.4 Å². The summed E-state index contributed by atoms with van der Waals surface area (Å²) in [7, 11) is 0. The number of para-hydroxylation sites is 1. The minimum Gasteiger partial charge on any atom is -0.327 e. The molecule has 5 heteroatoms. The molecule has 2 aliphatic heterocycles. The van der Waals surface area contributed by atoms with Crippen LogP contribution >= 0.6 is 0 Å². The molecule has 3 rings (SSSR count). The molecular weight excluding hydrogens is 292 g/mol. The molecule has 0 spiro atoms. The summed E-state index contributed by atoms with van der Waals surface area (Å²) >= 11 is 0. The van der Waals surface area contributed by atoms with Crippen LogP contribution in [0.15, 0.2) is 24.3 Å². The summed E-state index contributed by atoms with van der Waals surface area (Å²) in [5.74, 6) is -0.585. The van der Waals surface area contributed by atoms with Gasteiger partial charge in [0.2, 0.25) is 5.91 Å². The largest absolute Gasteiger partial charge is 0.327 e. The van der Waals surface area contributed by atoms with Crippen LogP contribution in [0, 0.1) is 0 Å². The summed E-state index contributed by atoms with van der Waals surface area (Å²) in [6, 6.07) is 6.45. The number of hydrogen-bond donors (Lipinski definition) is 0. The number of fused-ring (bicyclic) bond motifs is 2. The van der Waals surface area contributed by atoms with Gasteiger partial charge < -0.3 is 4.90 Å². The summed E-state index contributed by atoms with van der Waals surface area (Å²) in [6.07, 6.45) is 4.42. The number of piperidine rings is 1. The van der Waals surface area contributed by atoms with Crippen molar-refractivity contribution in [3.63, 3.8) is 0 Å². The molecule has 1 unspecified atom stereocenters. The van der Waals surface area contributed by atoms with Crippen molar-refractivity contribution < 1.29 is 14.4 Å². The van der Waals surface area contributed by atoms with E-state index in [2.05, 4.69) is 0 Å². The Hall–Kier alpha value is -2.17. The number of nitrogens with zero attached hydrogens (tertiary/aromatic N) is 2. The lowest BCUT2D eigenvalue weighted by atomic mass is 10.0. The fraction of sp³-hybridized carbons (Fsp3) is 0.500. The molecule has 2 aliphatic rings. The van der Waals surface area contributed by atoms with Crippen molar-refractivity contribution in [3.05, 3.63) is 29.8 Å². The van der Waals surface area contributed by atoms with Gasteiger partial charge in [-0.05, 0) is 37.8 Å². The Morgan fingerprint density at radius 1 is 1.22 bits per heavy atom. The van der Waals surface area contributed by atoms with E-state index in [-0.39, 0.29) is 17.7 Å². The van der Waals surface area contributed by atoms with Crippen molar-refractivity contribution in [2.45, 2.75) is 51.5 Å². The van der Waals surface area contributed by atoms with E-state index in [0.29, 0.717) is 30.6 Å². The number of amides is 3. The van der Waals surface area contributed by atoms with Crippen LogP contribution in [0.3, 0.4) is 0 Å². The van der Waals surface area contributed by atoms with E-state index in [9.17, 15) is 14.4 Å². The van der Waals surface area contributed by atoms with Gasteiger partial charge in [0.1, 0.15) is 6.04 Å². The van der Waals surface area contributed by atoms with Gasteiger partial charge in [-0.3, -0.25) is 14.4 Å². The highest BCUT2D eigenvalue weighted by Crippen LogP contribution is 2.32. The number of anilines is 1. The van der Waals surface area contributed by atoms with Crippen LogP contribution in [0.2, 0.25) is 0 Å². The molecule has 1 fully saturated rings. The Morgan fingerprint density at radius 2 is 2.00 bits per heavy atom. The summed E-state index contributed by atoms with van der Waals surface area (Å²) in [5.41, 5.74) is 0.896. The summed E-state index contributed by atoms with van der Waals surface area (Å²) in [4.78, 5) is 41.4. The predicted molar refractivity (Wildman–Crippen MR) is 87.1 cm³/mol. The molecule has 0 bridgehead atoms. The van der Waals surface area contributed by atoms with Crippen molar-refractivity contribution in [1.82, 2.24) is 4.90 Å². The number of hydrogen-bond acceptors (Lipinski definition) is 3. The zero-order chi connectivity index (χ0) is 16.4. The van der Waals surface area contributed by atoms with Crippen molar-refractivity contribution in [3.8, 4) is 0 Å². The lowest BCUT2D eigenvalue weighted by molar-refractivity contribution is -0.129. The molecule has 1 atom stereocenters. The van der Waals surface area contributed by atoms with Crippen LogP contribution in [-0.2, 0) is 9.59 Å². The predicted octanol–water partition coefficient (Wildman–Crippen LogP) is 2.74. The molecule has 0 aromatic heterocycles. The van der Waals surface area contributed by atoms with Gasteiger partial charge in [-0.15, -0.1) is 0 Å². The molecule has 1 aromatic rings. The molecular formula is C18H22N2O3. The third-order valence-electron chi connectivity index (χ3n) is 4.64. The minimum atomic E-state index is -0.505. The number of carbonyl (C=O) groups excluding carboxylic acids is 3. The number of rotatable bonds is 3. The van der Waals surface area contributed by atoms with Crippen LogP contribution in [0.4, 0.5) is 5.69 Å². The molecule has 23 heavy (non-hydrogen) atoms. The summed E-state index contributed by atoms with van der Waals surface area (Å²) < 4.78 is 0. The van der Waals surface area contributed by atoms with E-state index >= 15 is 0 Å². The first kappa shape index (κ1) is 15.7. The Morgan fingerprint density at radius 3 is 2.78 bits per heavy atom. The number of benzene rings is 1. The van der Waals surface area contributed by atoms with Crippen molar-refractivity contribution in [2.24, 2.45) is 0 Å². The molecule has 2 heterocycles. The van der Waals surface area contributed by atoms with Crippen molar-refractivity contribution >= 4 is 23.4 Å². The third-order valence-corrected chi connectivity index (χ3v) is 4.64. The highest BCUT2D eigenvalue weighted by molar-refractivity contribution is 6.22. The monoisotopic (exact) mass is 314 g/mol. The zero-order valence-corrected chi connectivity index (χ0v) is 13.5. The molecule has 0 saturated carbocycles. The average molecular weight is 314 g/mol. The van der Waals surface area contributed by atoms with Gasteiger partial charge in [0, 0.05) is 13.0 Å². The SMILES string of the molecule is CCCCC(=O)N1C(=O)C2CCCCN2C(=O)c2ccccc21. The number of carbonyl (C=O) groups is 3. The maximum Gasteiger partial charge on any atom is 0.256 e.